The lowest BCUT2D eigenvalue weighted by Crippen LogP contribution is -2.46. The van der Waals surface area contributed by atoms with E-state index in [1.165, 1.54) is 0 Å². The van der Waals surface area contributed by atoms with Gasteiger partial charge in [-0.05, 0) is 43.0 Å². The summed E-state index contributed by atoms with van der Waals surface area (Å²) in [6.45, 7) is 4.02. The number of rotatable bonds is 7. The summed E-state index contributed by atoms with van der Waals surface area (Å²) in [7, 11) is 0. The Kier molecular flexibility index (Phi) is 6.55. The SMILES string of the molecule is CCC(O)(CC)CNC(=O)NCCc1cc(F)ccc1F. The van der Waals surface area contributed by atoms with Gasteiger partial charge in [-0.2, -0.15) is 0 Å². The van der Waals surface area contributed by atoms with Gasteiger partial charge in [-0.25, -0.2) is 13.6 Å². The predicted molar refractivity (Wildman–Crippen MR) is 77.0 cm³/mol. The Hall–Kier alpha value is -1.69. The van der Waals surface area contributed by atoms with Crippen LogP contribution in [0.15, 0.2) is 18.2 Å². The van der Waals surface area contributed by atoms with Gasteiger partial charge in [0.15, 0.2) is 0 Å². The third kappa shape index (κ3) is 5.67. The maximum atomic E-state index is 13.4. The van der Waals surface area contributed by atoms with Crippen molar-refractivity contribution in [1.29, 1.82) is 0 Å². The molecule has 0 atom stereocenters. The molecule has 0 aromatic heterocycles. The average Bonchev–Trinajstić information content (AvgIpc) is 2.48. The van der Waals surface area contributed by atoms with Crippen LogP contribution in [-0.4, -0.2) is 29.8 Å². The lowest BCUT2D eigenvalue weighted by Gasteiger charge is -2.25. The molecule has 118 valence electrons. The summed E-state index contributed by atoms with van der Waals surface area (Å²) in [5.74, 6) is -1.00. The van der Waals surface area contributed by atoms with Gasteiger partial charge in [0.25, 0.3) is 0 Å². The molecule has 0 fully saturated rings. The van der Waals surface area contributed by atoms with E-state index in [1.54, 1.807) is 0 Å². The maximum Gasteiger partial charge on any atom is 0.314 e. The van der Waals surface area contributed by atoms with Crippen molar-refractivity contribution in [3.8, 4) is 0 Å². The standard InChI is InChI=1S/C15H22F2N2O2/c1-3-15(21,4-2)10-19-14(20)18-8-7-11-9-12(16)5-6-13(11)17/h5-6,9,21H,3-4,7-8,10H2,1-2H3,(H2,18,19,20). The molecule has 1 rings (SSSR count). The van der Waals surface area contributed by atoms with E-state index in [2.05, 4.69) is 10.6 Å². The second-order valence-electron chi connectivity index (χ2n) is 5.03. The van der Waals surface area contributed by atoms with E-state index in [9.17, 15) is 18.7 Å². The lowest BCUT2D eigenvalue weighted by molar-refractivity contribution is 0.0349. The number of carbonyl (C=O) groups is 1. The average molecular weight is 300 g/mol. The number of nitrogens with one attached hydrogen (secondary N) is 2. The van der Waals surface area contributed by atoms with Gasteiger partial charge < -0.3 is 15.7 Å². The van der Waals surface area contributed by atoms with Gasteiger partial charge in [0.05, 0.1) is 5.60 Å². The first-order valence-corrected chi connectivity index (χ1v) is 7.08. The molecule has 4 nitrogen and oxygen atoms in total. The number of aliphatic hydroxyl groups is 1. The van der Waals surface area contributed by atoms with Gasteiger partial charge in [0, 0.05) is 13.1 Å². The summed E-state index contributed by atoms with van der Waals surface area (Å²) in [6, 6.07) is 2.79. The third-order valence-electron chi connectivity index (χ3n) is 3.58. The number of hydrogen-bond acceptors (Lipinski definition) is 2. The van der Waals surface area contributed by atoms with Crippen molar-refractivity contribution in [1.82, 2.24) is 10.6 Å². The van der Waals surface area contributed by atoms with Crippen LogP contribution < -0.4 is 10.6 Å². The Balaban J connectivity index is 2.35. The van der Waals surface area contributed by atoms with Crippen molar-refractivity contribution in [2.45, 2.75) is 38.7 Å². The van der Waals surface area contributed by atoms with Crippen molar-refractivity contribution in [2.24, 2.45) is 0 Å². The van der Waals surface area contributed by atoms with E-state index < -0.39 is 23.3 Å². The fourth-order valence-electron chi connectivity index (χ4n) is 1.85. The minimum atomic E-state index is -0.911. The molecular formula is C15H22F2N2O2. The molecular weight excluding hydrogens is 278 g/mol. The highest BCUT2D eigenvalue weighted by atomic mass is 19.1. The van der Waals surface area contributed by atoms with E-state index in [0.717, 1.165) is 18.2 Å². The first-order chi connectivity index (χ1) is 9.90. The van der Waals surface area contributed by atoms with Crippen LogP contribution in [0.1, 0.15) is 32.3 Å². The van der Waals surface area contributed by atoms with E-state index in [0.29, 0.717) is 12.8 Å². The number of halogens is 2. The predicted octanol–water partition coefficient (Wildman–Crippen LogP) is 2.36. The van der Waals surface area contributed by atoms with Gasteiger partial charge in [-0.15, -0.1) is 0 Å². The van der Waals surface area contributed by atoms with E-state index in [-0.39, 0.29) is 25.1 Å². The molecule has 21 heavy (non-hydrogen) atoms. The zero-order valence-corrected chi connectivity index (χ0v) is 12.4. The quantitative estimate of drug-likeness (QED) is 0.724. The Bertz CT molecular complexity index is 477. The minimum absolute atomic E-state index is 0.153. The summed E-state index contributed by atoms with van der Waals surface area (Å²) in [6.07, 6.45) is 1.28. The molecule has 0 aliphatic carbocycles. The van der Waals surface area contributed by atoms with E-state index in [1.807, 2.05) is 13.8 Å². The zero-order valence-electron chi connectivity index (χ0n) is 12.4. The number of urea groups is 1. The van der Waals surface area contributed by atoms with Crippen molar-refractivity contribution in [2.75, 3.05) is 13.1 Å². The van der Waals surface area contributed by atoms with Crippen molar-refractivity contribution < 1.29 is 18.7 Å². The summed E-state index contributed by atoms with van der Waals surface area (Å²) in [5, 5.41) is 15.1. The van der Waals surface area contributed by atoms with Gasteiger partial charge in [0.2, 0.25) is 0 Å². The van der Waals surface area contributed by atoms with Crippen molar-refractivity contribution in [3.63, 3.8) is 0 Å². The van der Waals surface area contributed by atoms with Gasteiger partial charge in [-0.1, -0.05) is 13.8 Å². The fourth-order valence-corrected chi connectivity index (χ4v) is 1.85. The molecule has 0 bridgehead atoms. The molecule has 0 saturated heterocycles. The Morgan fingerprint density at radius 1 is 1.24 bits per heavy atom. The summed E-state index contributed by atoms with van der Waals surface area (Å²) < 4.78 is 26.3. The van der Waals surface area contributed by atoms with Gasteiger partial charge in [-0.3, -0.25) is 0 Å². The van der Waals surface area contributed by atoms with Crippen LogP contribution in [0.2, 0.25) is 0 Å². The maximum absolute atomic E-state index is 13.4. The molecule has 0 spiro atoms. The van der Waals surface area contributed by atoms with Crippen molar-refractivity contribution in [3.05, 3.63) is 35.4 Å². The molecule has 1 aromatic rings. The van der Waals surface area contributed by atoms with E-state index in [4.69, 9.17) is 0 Å². The molecule has 0 aliphatic rings. The van der Waals surface area contributed by atoms with Crippen LogP contribution >= 0.6 is 0 Å². The molecule has 0 heterocycles. The summed E-state index contributed by atoms with van der Waals surface area (Å²) in [4.78, 5) is 11.6. The Labute approximate surface area is 123 Å². The number of benzene rings is 1. The Morgan fingerprint density at radius 2 is 1.90 bits per heavy atom. The molecule has 3 N–H and O–H groups in total. The van der Waals surface area contributed by atoms with Crippen LogP contribution in [0.4, 0.5) is 13.6 Å². The highest BCUT2D eigenvalue weighted by Gasteiger charge is 2.22. The van der Waals surface area contributed by atoms with E-state index >= 15 is 0 Å². The molecule has 0 radical (unpaired) electrons. The molecule has 1 aromatic carbocycles. The van der Waals surface area contributed by atoms with Gasteiger partial charge >= 0.3 is 6.03 Å². The molecule has 0 unspecified atom stereocenters. The highest BCUT2D eigenvalue weighted by molar-refractivity contribution is 5.73. The van der Waals surface area contributed by atoms with Crippen LogP contribution in [0.3, 0.4) is 0 Å². The second kappa shape index (κ2) is 7.93. The second-order valence-corrected chi connectivity index (χ2v) is 5.03. The van der Waals surface area contributed by atoms with Crippen LogP contribution in [0.5, 0.6) is 0 Å². The minimum Gasteiger partial charge on any atom is -0.388 e. The van der Waals surface area contributed by atoms with Crippen LogP contribution in [0.25, 0.3) is 0 Å². The van der Waals surface area contributed by atoms with Crippen LogP contribution in [-0.2, 0) is 6.42 Å². The molecule has 0 aliphatic heterocycles. The zero-order chi connectivity index (χ0) is 15.9. The largest absolute Gasteiger partial charge is 0.388 e. The molecule has 6 heteroatoms. The number of amides is 2. The highest BCUT2D eigenvalue weighted by Crippen LogP contribution is 2.12. The fraction of sp³-hybridized carbons (Fsp3) is 0.533. The smallest absolute Gasteiger partial charge is 0.314 e. The molecule has 2 amide bonds. The monoisotopic (exact) mass is 300 g/mol. The topological polar surface area (TPSA) is 61.4 Å². The van der Waals surface area contributed by atoms with Crippen LogP contribution in [0, 0.1) is 11.6 Å². The lowest BCUT2D eigenvalue weighted by atomic mass is 9.98. The number of carbonyl (C=O) groups excluding carboxylic acids is 1. The van der Waals surface area contributed by atoms with Crippen molar-refractivity contribution >= 4 is 6.03 Å². The summed E-state index contributed by atoms with van der Waals surface area (Å²) in [5.41, 5.74) is -0.694. The molecule has 0 saturated carbocycles. The summed E-state index contributed by atoms with van der Waals surface area (Å²) >= 11 is 0. The number of hydrogen-bond donors (Lipinski definition) is 3. The Morgan fingerprint density at radius 3 is 2.52 bits per heavy atom. The normalized spacial score (nSPS) is 11.3. The first kappa shape index (κ1) is 17.4. The van der Waals surface area contributed by atoms with Gasteiger partial charge in [0.1, 0.15) is 11.6 Å². The first-order valence-electron chi connectivity index (χ1n) is 7.08. The third-order valence-corrected chi connectivity index (χ3v) is 3.58.